The standard InChI is InChI=1S/C17H30N2O/c1-4-19(16-7-5-6-8-16)13-17-15(9-10-20-17)12-18-11-14(2)3/h9-10,14,16,18H,4-8,11-13H2,1-3H3. The first-order chi connectivity index (χ1) is 9.70. The van der Waals surface area contributed by atoms with Crippen molar-refractivity contribution < 1.29 is 4.42 Å². The van der Waals surface area contributed by atoms with Crippen LogP contribution in [0.3, 0.4) is 0 Å². The first kappa shape index (κ1) is 15.6. The summed E-state index contributed by atoms with van der Waals surface area (Å²) >= 11 is 0. The largest absolute Gasteiger partial charge is 0.468 e. The van der Waals surface area contributed by atoms with Gasteiger partial charge in [-0.15, -0.1) is 0 Å². The molecule has 0 atom stereocenters. The predicted molar refractivity (Wildman–Crippen MR) is 83.6 cm³/mol. The van der Waals surface area contributed by atoms with Gasteiger partial charge >= 0.3 is 0 Å². The molecule has 1 fully saturated rings. The maximum absolute atomic E-state index is 5.73. The molecule has 0 radical (unpaired) electrons. The lowest BCUT2D eigenvalue weighted by atomic mass is 10.1. The predicted octanol–water partition coefficient (Wildman–Crippen LogP) is 3.79. The molecule has 0 amide bonds. The molecule has 1 N–H and O–H groups in total. The van der Waals surface area contributed by atoms with E-state index < -0.39 is 0 Å². The van der Waals surface area contributed by atoms with Gasteiger partial charge in [-0.2, -0.15) is 0 Å². The molecule has 1 aliphatic rings. The highest BCUT2D eigenvalue weighted by Crippen LogP contribution is 2.25. The summed E-state index contributed by atoms with van der Waals surface area (Å²) in [6.45, 7) is 10.8. The lowest BCUT2D eigenvalue weighted by molar-refractivity contribution is 0.184. The summed E-state index contributed by atoms with van der Waals surface area (Å²) in [5, 5.41) is 3.51. The van der Waals surface area contributed by atoms with Crippen molar-refractivity contribution in [1.82, 2.24) is 10.2 Å². The quantitative estimate of drug-likeness (QED) is 0.784. The molecule has 1 aromatic rings. The smallest absolute Gasteiger partial charge is 0.122 e. The number of furan rings is 1. The number of rotatable bonds is 8. The second kappa shape index (κ2) is 7.84. The van der Waals surface area contributed by atoms with Crippen LogP contribution in [0, 0.1) is 5.92 Å². The van der Waals surface area contributed by atoms with E-state index in [4.69, 9.17) is 4.42 Å². The Hall–Kier alpha value is -0.800. The molecule has 0 aliphatic heterocycles. The molecule has 1 aliphatic carbocycles. The Morgan fingerprint density at radius 1 is 1.35 bits per heavy atom. The Bertz CT molecular complexity index is 380. The zero-order chi connectivity index (χ0) is 14.4. The molecule has 114 valence electrons. The van der Waals surface area contributed by atoms with Gasteiger partial charge in [-0.3, -0.25) is 4.90 Å². The lowest BCUT2D eigenvalue weighted by Gasteiger charge is -2.26. The highest BCUT2D eigenvalue weighted by Gasteiger charge is 2.22. The number of nitrogens with one attached hydrogen (secondary N) is 1. The van der Waals surface area contributed by atoms with Crippen LogP contribution in [0.2, 0.25) is 0 Å². The van der Waals surface area contributed by atoms with Crippen LogP contribution in [0.4, 0.5) is 0 Å². The Morgan fingerprint density at radius 2 is 2.10 bits per heavy atom. The van der Waals surface area contributed by atoms with Gasteiger partial charge in [-0.1, -0.05) is 33.6 Å². The molecule has 0 unspecified atom stereocenters. The second-order valence-electron chi connectivity index (χ2n) is 6.40. The van der Waals surface area contributed by atoms with Gasteiger partial charge in [0, 0.05) is 18.2 Å². The van der Waals surface area contributed by atoms with Crippen molar-refractivity contribution in [2.75, 3.05) is 13.1 Å². The van der Waals surface area contributed by atoms with Crippen LogP contribution < -0.4 is 5.32 Å². The van der Waals surface area contributed by atoms with Gasteiger partial charge in [-0.25, -0.2) is 0 Å². The van der Waals surface area contributed by atoms with E-state index in [2.05, 4.69) is 37.1 Å². The zero-order valence-electron chi connectivity index (χ0n) is 13.3. The van der Waals surface area contributed by atoms with E-state index in [-0.39, 0.29) is 0 Å². The number of hydrogen-bond donors (Lipinski definition) is 1. The van der Waals surface area contributed by atoms with Gasteiger partial charge in [0.1, 0.15) is 5.76 Å². The molecule has 1 saturated carbocycles. The fourth-order valence-corrected chi connectivity index (χ4v) is 3.11. The van der Waals surface area contributed by atoms with Crippen molar-refractivity contribution in [2.24, 2.45) is 5.92 Å². The van der Waals surface area contributed by atoms with E-state index in [0.29, 0.717) is 5.92 Å². The van der Waals surface area contributed by atoms with Crippen LogP contribution in [0.5, 0.6) is 0 Å². The molecule has 3 heteroatoms. The molecule has 20 heavy (non-hydrogen) atoms. The van der Waals surface area contributed by atoms with Gasteiger partial charge in [0.2, 0.25) is 0 Å². The van der Waals surface area contributed by atoms with Crippen LogP contribution in [0.1, 0.15) is 57.8 Å². The molecule has 1 aromatic heterocycles. The summed E-state index contributed by atoms with van der Waals surface area (Å²) in [6, 6.07) is 2.88. The summed E-state index contributed by atoms with van der Waals surface area (Å²) in [5.74, 6) is 1.84. The van der Waals surface area contributed by atoms with Crippen LogP contribution >= 0.6 is 0 Å². The Kier molecular flexibility index (Phi) is 6.11. The maximum atomic E-state index is 5.73. The van der Waals surface area contributed by atoms with Crippen LogP contribution in [-0.4, -0.2) is 24.0 Å². The third kappa shape index (κ3) is 4.35. The summed E-state index contributed by atoms with van der Waals surface area (Å²) in [5.41, 5.74) is 1.32. The summed E-state index contributed by atoms with van der Waals surface area (Å²) in [6.07, 6.45) is 7.33. The molecule has 0 aromatic carbocycles. The average molecular weight is 278 g/mol. The summed E-state index contributed by atoms with van der Waals surface area (Å²) in [7, 11) is 0. The van der Waals surface area contributed by atoms with Crippen molar-refractivity contribution in [3.8, 4) is 0 Å². The Labute approximate surface area is 123 Å². The van der Waals surface area contributed by atoms with Crippen LogP contribution in [0.25, 0.3) is 0 Å². The lowest BCUT2D eigenvalue weighted by Crippen LogP contribution is -2.32. The fraction of sp³-hybridized carbons (Fsp3) is 0.765. The van der Waals surface area contributed by atoms with Gasteiger partial charge in [-0.05, 0) is 37.9 Å². The van der Waals surface area contributed by atoms with E-state index in [9.17, 15) is 0 Å². The number of nitrogens with zero attached hydrogens (tertiary/aromatic N) is 1. The second-order valence-corrected chi connectivity index (χ2v) is 6.40. The van der Waals surface area contributed by atoms with Gasteiger partial charge in [0.25, 0.3) is 0 Å². The van der Waals surface area contributed by atoms with Crippen molar-refractivity contribution in [3.05, 3.63) is 23.7 Å². The van der Waals surface area contributed by atoms with E-state index >= 15 is 0 Å². The third-order valence-electron chi connectivity index (χ3n) is 4.30. The van der Waals surface area contributed by atoms with E-state index in [1.807, 2.05) is 6.26 Å². The van der Waals surface area contributed by atoms with Crippen molar-refractivity contribution in [3.63, 3.8) is 0 Å². The highest BCUT2D eigenvalue weighted by atomic mass is 16.3. The first-order valence-electron chi connectivity index (χ1n) is 8.20. The maximum Gasteiger partial charge on any atom is 0.122 e. The topological polar surface area (TPSA) is 28.4 Å². The fourth-order valence-electron chi connectivity index (χ4n) is 3.11. The van der Waals surface area contributed by atoms with Crippen LogP contribution in [0.15, 0.2) is 16.7 Å². The minimum atomic E-state index is 0.691. The SMILES string of the molecule is CCN(Cc1occc1CNCC(C)C)C1CCCC1. The molecule has 3 nitrogen and oxygen atoms in total. The van der Waals surface area contributed by atoms with E-state index in [0.717, 1.165) is 38.0 Å². The van der Waals surface area contributed by atoms with Crippen molar-refractivity contribution in [2.45, 2.75) is 65.6 Å². The van der Waals surface area contributed by atoms with Gasteiger partial charge < -0.3 is 9.73 Å². The zero-order valence-corrected chi connectivity index (χ0v) is 13.3. The monoisotopic (exact) mass is 278 g/mol. The Balaban J connectivity index is 1.89. The third-order valence-corrected chi connectivity index (χ3v) is 4.30. The highest BCUT2D eigenvalue weighted by molar-refractivity contribution is 5.17. The molecule has 0 bridgehead atoms. The van der Waals surface area contributed by atoms with E-state index in [1.165, 1.54) is 31.2 Å². The summed E-state index contributed by atoms with van der Waals surface area (Å²) in [4.78, 5) is 2.58. The molecule has 1 heterocycles. The molecular weight excluding hydrogens is 248 g/mol. The van der Waals surface area contributed by atoms with Crippen molar-refractivity contribution in [1.29, 1.82) is 0 Å². The first-order valence-corrected chi connectivity index (χ1v) is 8.20. The number of hydrogen-bond acceptors (Lipinski definition) is 3. The minimum absolute atomic E-state index is 0.691. The van der Waals surface area contributed by atoms with Crippen molar-refractivity contribution >= 4 is 0 Å². The molecule has 0 saturated heterocycles. The Morgan fingerprint density at radius 3 is 2.75 bits per heavy atom. The average Bonchev–Trinajstić information content (AvgIpc) is 3.06. The minimum Gasteiger partial charge on any atom is -0.468 e. The van der Waals surface area contributed by atoms with Crippen LogP contribution in [-0.2, 0) is 13.1 Å². The molecule has 2 rings (SSSR count). The normalized spacial score (nSPS) is 16.6. The van der Waals surface area contributed by atoms with E-state index in [1.54, 1.807) is 0 Å². The molecular formula is C17H30N2O. The van der Waals surface area contributed by atoms with Gasteiger partial charge in [0.15, 0.2) is 0 Å². The van der Waals surface area contributed by atoms with Gasteiger partial charge in [0.05, 0.1) is 12.8 Å². The molecule has 0 spiro atoms. The summed E-state index contributed by atoms with van der Waals surface area (Å²) < 4.78 is 5.73.